The van der Waals surface area contributed by atoms with E-state index in [1.165, 1.54) is 51.9 Å². The highest BCUT2D eigenvalue weighted by atomic mass is 15.3. The van der Waals surface area contributed by atoms with Gasteiger partial charge in [0.1, 0.15) is 0 Å². The molecule has 3 nitrogen and oxygen atoms in total. The second-order valence-electron chi connectivity index (χ2n) is 6.24. The molecule has 1 N–H and O–H groups in total. The summed E-state index contributed by atoms with van der Waals surface area (Å²) in [6.45, 7) is 13.2. The van der Waals surface area contributed by atoms with Crippen LogP contribution in [0.2, 0.25) is 0 Å². The molecule has 0 aliphatic carbocycles. The first kappa shape index (κ1) is 14.3. The number of nitrogens with zero attached hydrogens (tertiary/aromatic N) is 2. The monoisotopic (exact) mass is 253 g/mol. The van der Waals surface area contributed by atoms with Gasteiger partial charge in [0.15, 0.2) is 0 Å². The SMILES string of the molecule is CCNC(C)CCN1CC2CCCCN2CC1C. The lowest BCUT2D eigenvalue weighted by atomic mass is 9.97. The van der Waals surface area contributed by atoms with Gasteiger partial charge in [-0.3, -0.25) is 9.80 Å². The number of hydrogen-bond donors (Lipinski definition) is 1. The fraction of sp³-hybridized carbons (Fsp3) is 1.00. The largest absolute Gasteiger partial charge is 0.314 e. The quantitative estimate of drug-likeness (QED) is 0.808. The van der Waals surface area contributed by atoms with E-state index in [-0.39, 0.29) is 0 Å². The second kappa shape index (κ2) is 6.88. The van der Waals surface area contributed by atoms with E-state index in [4.69, 9.17) is 0 Å². The van der Waals surface area contributed by atoms with Crippen molar-refractivity contribution in [3.05, 3.63) is 0 Å². The zero-order chi connectivity index (χ0) is 13.0. The summed E-state index contributed by atoms with van der Waals surface area (Å²) in [6, 6.07) is 2.25. The van der Waals surface area contributed by atoms with Gasteiger partial charge in [0.2, 0.25) is 0 Å². The molecule has 0 aromatic rings. The van der Waals surface area contributed by atoms with Crippen LogP contribution in [0.25, 0.3) is 0 Å². The molecule has 0 spiro atoms. The van der Waals surface area contributed by atoms with Crippen molar-refractivity contribution in [1.29, 1.82) is 0 Å². The van der Waals surface area contributed by atoms with Crippen LogP contribution in [0.1, 0.15) is 46.5 Å². The molecule has 3 heteroatoms. The molecule has 2 aliphatic heterocycles. The van der Waals surface area contributed by atoms with Gasteiger partial charge in [-0.2, -0.15) is 0 Å². The fourth-order valence-electron chi connectivity index (χ4n) is 3.53. The van der Waals surface area contributed by atoms with E-state index in [0.29, 0.717) is 6.04 Å². The molecule has 18 heavy (non-hydrogen) atoms. The van der Waals surface area contributed by atoms with E-state index in [2.05, 4.69) is 35.9 Å². The highest BCUT2D eigenvalue weighted by molar-refractivity contribution is 4.89. The molecule has 0 radical (unpaired) electrons. The third-order valence-electron chi connectivity index (χ3n) is 4.72. The van der Waals surface area contributed by atoms with E-state index >= 15 is 0 Å². The first-order valence-corrected chi connectivity index (χ1v) is 7.92. The molecule has 2 rings (SSSR count). The molecule has 3 atom stereocenters. The van der Waals surface area contributed by atoms with Crippen LogP contribution in [0, 0.1) is 0 Å². The minimum Gasteiger partial charge on any atom is -0.314 e. The number of piperidine rings is 1. The zero-order valence-corrected chi connectivity index (χ0v) is 12.5. The summed E-state index contributed by atoms with van der Waals surface area (Å²) in [5.41, 5.74) is 0. The smallest absolute Gasteiger partial charge is 0.0223 e. The van der Waals surface area contributed by atoms with Crippen LogP contribution in [0.3, 0.4) is 0 Å². The number of piperazine rings is 1. The van der Waals surface area contributed by atoms with Crippen LogP contribution in [0.5, 0.6) is 0 Å². The molecular weight excluding hydrogens is 222 g/mol. The lowest BCUT2D eigenvalue weighted by Crippen LogP contribution is -2.59. The standard InChI is InChI=1S/C15H31N3/c1-4-16-13(2)8-10-17-12-15-7-5-6-9-18(15)11-14(17)3/h13-16H,4-12H2,1-3H3. The summed E-state index contributed by atoms with van der Waals surface area (Å²) < 4.78 is 0. The third-order valence-corrected chi connectivity index (χ3v) is 4.72. The highest BCUT2D eigenvalue weighted by Gasteiger charge is 2.32. The van der Waals surface area contributed by atoms with Gasteiger partial charge in [0.25, 0.3) is 0 Å². The maximum absolute atomic E-state index is 3.52. The predicted octanol–water partition coefficient (Wildman–Crippen LogP) is 1.93. The van der Waals surface area contributed by atoms with Gasteiger partial charge in [-0.25, -0.2) is 0 Å². The molecule has 2 heterocycles. The molecule has 0 aromatic heterocycles. The molecule has 2 fully saturated rings. The predicted molar refractivity (Wildman–Crippen MR) is 78.0 cm³/mol. The van der Waals surface area contributed by atoms with Crippen LogP contribution in [0.15, 0.2) is 0 Å². The van der Waals surface area contributed by atoms with Gasteiger partial charge in [-0.15, -0.1) is 0 Å². The fourth-order valence-corrected chi connectivity index (χ4v) is 3.53. The van der Waals surface area contributed by atoms with Crippen molar-refractivity contribution in [3.8, 4) is 0 Å². The Morgan fingerprint density at radius 2 is 2.11 bits per heavy atom. The molecule has 0 saturated carbocycles. The maximum Gasteiger partial charge on any atom is 0.0223 e. The Morgan fingerprint density at radius 1 is 1.28 bits per heavy atom. The average Bonchev–Trinajstić information content (AvgIpc) is 2.36. The Balaban J connectivity index is 1.78. The summed E-state index contributed by atoms with van der Waals surface area (Å²) in [7, 11) is 0. The van der Waals surface area contributed by atoms with E-state index in [1.54, 1.807) is 0 Å². The van der Waals surface area contributed by atoms with Crippen molar-refractivity contribution in [2.75, 3.05) is 32.7 Å². The van der Waals surface area contributed by atoms with Crippen molar-refractivity contribution in [2.45, 2.75) is 64.6 Å². The Labute approximate surface area is 113 Å². The van der Waals surface area contributed by atoms with E-state index in [9.17, 15) is 0 Å². The molecule has 0 bridgehead atoms. The number of hydrogen-bond acceptors (Lipinski definition) is 3. The van der Waals surface area contributed by atoms with Crippen LogP contribution in [-0.4, -0.2) is 60.6 Å². The van der Waals surface area contributed by atoms with Crippen LogP contribution in [-0.2, 0) is 0 Å². The zero-order valence-electron chi connectivity index (χ0n) is 12.5. The molecule has 106 valence electrons. The van der Waals surface area contributed by atoms with Crippen LogP contribution < -0.4 is 5.32 Å². The maximum atomic E-state index is 3.52. The normalized spacial score (nSPS) is 32.2. The van der Waals surface area contributed by atoms with E-state index in [1.807, 2.05) is 0 Å². The Morgan fingerprint density at radius 3 is 2.89 bits per heavy atom. The summed E-state index contributed by atoms with van der Waals surface area (Å²) in [5, 5.41) is 3.52. The second-order valence-corrected chi connectivity index (χ2v) is 6.24. The summed E-state index contributed by atoms with van der Waals surface area (Å²) >= 11 is 0. The van der Waals surface area contributed by atoms with Crippen LogP contribution in [0.4, 0.5) is 0 Å². The molecule has 2 saturated heterocycles. The third kappa shape index (κ3) is 3.69. The molecular formula is C15H31N3. The van der Waals surface area contributed by atoms with E-state index < -0.39 is 0 Å². The number of fused-ring (bicyclic) bond motifs is 1. The summed E-state index contributed by atoms with van der Waals surface area (Å²) in [6.07, 6.45) is 5.56. The van der Waals surface area contributed by atoms with Gasteiger partial charge >= 0.3 is 0 Å². The number of rotatable bonds is 5. The van der Waals surface area contributed by atoms with Gasteiger partial charge < -0.3 is 5.32 Å². The van der Waals surface area contributed by atoms with Crippen molar-refractivity contribution in [3.63, 3.8) is 0 Å². The number of nitrogens with one attached hydrogen (secondary N) is 1. The van der Waals surface area contributed by atoms with Crippen molar-refractivity contribution in [2.24, 2.45) is 0 Å². The Kier molecular flexibility index (Phi) is 5.46. The van der Waals surface area contributed by atoms with Gasteiger partial charge in [0.05, 0.1) is 0 Å². The van der Waals surface area contributed by atoms with Crippen molar-refractivity contribution < 1.29 is 0 Å². The van der Waals surface area contributed by atoms with Crippen molar-refractivity contribution in [1.82, 2.24) is 15.1 Å². The molecule has 0 aromatic carbocycles. The first-order chi connectivity index (χ1) is 8.70. The highest BCUT2D eigenvalue weighted by Crippen LogP contribution is 2.24. The van der Waals surface area contributed by atoms with Crippen molar-refractivity contribution >= 4 is 0 Å². The lowest BCUT2D eigenvalue weighted by molar-refractivity contribution is 0.0139. The van der Waals surface area contributed by atoms with Gasteiger partial charge in [-0.1, -0.05) is 13.3 Å². The minimum absolute atomic E-state index is 0.659. The topological polar surface area (TPSA) is 18.5 Å². The minimum atomic E-state index is 0.659. The Bertz CT molecular complexity index is 244. The summed E-state index contributed by atoms with van der Waals surface area (Å²) in [4.78, 5) is 5.46. The molecule has 0 amide bonds. The molecule has 3 unspecified atom stereocenters. The lowest BCUT2D eigenvalue weighted by Gasteiger charge is -2.47. The van der Waals surface area contributed by atoms with Gasteiger partial charge in [-0.05, 0) is 46.2 Å². The molecule has 2 aliphatic rings. The summed E-state index contributed by atoms with van der Waals surface area (Å²) in [5.74, 6) is 0. The van der Waals surface area contributed by atoms with Crippen LogP contribution >= 0.6 is 0 Å². The first-order valence-electron chi connectivity index (χ1n) is 7.92. The Hall–Kier alpha value is -0.120. The average molecular weight is 253 g/mol. The van der Waals surface area contributed by atoms with Gasteiger partial charge in [0, 0.05) is 37.8 Å². The van der Waals surface area contributed by atoms with E-state index in [0.717, 1.165) is 18.6 Å².